The Morgan fingerprint density at radius 2 is 1.32 bits per heavy atom. The molecule has 25 heavy (non-hydrogen) atoms. The van der Waals surface area contributed by atoms with Crippen LogP contribution in [0.25, 0.3) is 0 Å². The van der Waals surface area contributed by atoms with Gasteiger partial charge in [0.15, 0.2) is 12.1 Å². The number of nitrogens with one attached hydrogen (secondary N) is 1. The normalized spacial score (nSPS) is 13.0. The van der Waals surface area contributed by atoms with Gasteiger partial charge in [0.1, 0.15) is 6.04 Å². The van der Waals surface area contributed by atoms with Crippen LogP contribution in [-0.2, 0) is 4.79 Å². The van der Waals surface area contributed by atoms with E-state index in [1.165, 1.54) is 57.8 Å². The molecule has 0 bridgehead atoms. The smallest absolute Gasteiger partial charge is 0.174 e. The molecule has 0 aromatic rings. The molecule has 0 aliphatic rings. The van der Waals surface area contributed by atoms with Crippen LogP contribution in [0.1, 0.15) is 96.8 Å². The molecule has 0 spiro atoms. The average Bonchev–Trinajstić information content (AvgIpc) is 2.58. The molecule has 0 saturated heterocycles. The van der Waals surface area contributed by atoms with Crippen molar-refractivity contribution in [3.05, 3.63) is 12.2 Å². The minimum atomic E-state index is -1.61. The highest BCUT2D eigenvalue weighted by Gasteiger charge is 2.22. The molecule has 148 valence electrons. The van der Waals surface area contributed by atoms with Gasteiger partial charge in [0.25, 0.3) is 0 Å². The third-order valence-corrected chi connectivity index (χ3v) is 4.64. The predicted octanol–water partition coefficient (Wildman–Crippen LogP) is 4.49. The minimum absolute atomic E-state index is 0.116. The molecular formula is C21H41NO3. The van der Waals surface area contributed by atoms with Crippen LogP contribution >= 0.6 is 0 Å². The summed E-state index contributed by atoms with van der Waals surface area (Å²) in [5, 5.41) is 20.8. The van der Waals surface area contributed by atoms with Gasteiger partial charge in [0.05, 0.1) is 0 Å². The molecule has 0 fully saturated rings. The number of aliphatic hydroxyl groups excluding tert-OH is 1. The third kappa shape index (κ3) is 15.3. The number of likely N-dealkylation sites (N-methyl/N-ethyl adjacent to an activating group) is 1. The standard InChI is InChI=1S/C21H41NO3/c1-3-4-5-6-7-8-9-10-11-12-13-14-15-16-17-18-19(23)20(22-2)21(24)25/h10-11,20-22,24-25H,3-9,12-18H2,1-2H3. The van der Waals surface area contributed by atoms with Crippen molar-refractivity contribution >= 4 is 5.78 Å². The molecule has 0 rings (SSSR count). The van der Waals surface area contributed by atoms with Gasteiger partial charge in [0, 0.05) is 6.42 Å². The SMILES string of the molecule is CCCCCCCCC=CCCCCCCCC(=O)C(NC)C(O)O. The summed E-state index contributed by atoms with van der Waals surface area (Å²) in [6.07, 6.45) is 19.4. The third-order valence-electron chi connectivity index (χ3n) is 4.64. The summed E-state index contributed by atoms with van der Waals surface area (Å²) in [7, 11) is 1.57. The Bertz CT molecular complexity index is 329. The molecule has 4 nitrogen and oxygen atoms in total. The van der Waals surface area contributed by atoms with Crippen molar-refractivity contribution in [2.75, 3.05) is 7.05 Å². The lowest BCUT2D eigenvalue weighted by atomic mass is 10.0. The fraction of sp³-hybridized carbons (Fsp3) is 0.857. The van der Waals surface area contributed by atoms with Gasteiger partial charge >= 0.3 is 0 Å². The minimum Gasteiger partial charge on any atom is -0.366 e. The highest BCUT2D eigenvalue weighted by atomic mass is 16.5. The van der Waals surface area contributed by atoms with Crippen molar-refractivity contribution in [1.82, 2.24) is 5.32 Å². The van der Waals surface area contributed by atoms with Crippen LogP contribution in [0, 0.1) is 0 Å². The maximum atomic E-state index is 11.8. The van der Waals surface area contributed by atoms with Crippen molar-refractivity contribution in [2.45, 2.75) is 109 Å². The second-order valence-electron chi connectivity index (χ2n) is 6.98. The van der Waals surface area contributed by atoms with Crippen molar-refractivity contribution < 1.29 is 15.0 Å². The quantitative estimate of drug-likeness (QED) is 0.192. The van der Waals surface area contributed by atoms with Crippen LogP contribution < -0.4 is 5.32 Å². The number of unbranched alkanes of at least 4 members (excludes halogenated alkanes) is 11. The van der Waals surface area contributed by atoms with E-state index in [0.29, 0.717) is 6.42 Å². The van der Waals surface area contributed by atoms with E-state index in [-0.39, 0.29) is 5.78 Å². The lowest BCUT2D eigenvalue weighted by Crippen LogP contribution is -2.44. The molecular weight excluding hydrogens is 314 g/mol. The summed E-state index contributed by atoms with van der Waals surface area (Å²) in [5.74, 6) is -0.116. The first-order chi connectivity index (χ1) is 12.1. The Morgan fingerprint density at radius 3 is 1.80 bits per heavy atom. The molecule has 1 unspecified atom stereocenters. The first-order valence-corrected chi connectivity index (χ1v) is 10.3. The largest absolute Gasteiger partial charge is 0.366 e. The predicted molar refractivity (Wildman–Crippen MR) is 106 cm³/mol. The molecule has 4 heteroatoms. The number of carbonyl (C=O) groups excluding carboxylic acids is 1. The molecule has 0 saturated carbocycles. The van der Waals surface area contributed by atoms with E-state index in [4.69, 9.17) is 10.2 Å². The first-order valence-electron chi connectivity index (χ1n) is 10.3. The van der Waals surface area contributed by atoms with Crippen LogP contribution in [0.4, 0.5) is 0 Å². The van der Waals surface area contributed by atoms with Gasteiger partial charge in [-0.3, -0.25) is 4.79 Å². The molecule has 1 atom stereocenters. The molecule has 0 aromatic carbocycles. The van der Waals surface area contributed by atoms with E-state index in [1.54, 1.807) is 7.05 Å². The van der Waals surface area contributed by atoms with E-state index < -0.39 is 12.3 Å². The summed E-state index contributed by atoms with van der Waals surface area (Å²) < 4.78 is 0. The topological polar surface area (TPSA) is 69.6 Å². The highest BCUT2D eigenvalue weighted by Crippen LogP contribution is 2.10. The van der Waals surface area contributed by atoms with Crippen molar-refractivity contribution in [3.63, 3.8) is 0 Å². The Morgan fingerprint density at radius 1 is 0.840 bits per heavy atom. The fourth-order valence-corrected chi connectivity index (χ4v) is 3.00. The van der Waals surface area contributed by atoms with Crippen molar-refractivity contribution in [3.8, 4) is 0 Å². The van der Waals surface area contributed by atoms with E-state index in [0.717, 1.165) is 25.7 Å². The number of allylic oxidation sites excluding steroid dienone is 2. The van der Waals surface area contributed by atoms with Gasteiger partial charge in [-0.05, 0) is 39.2 Å². The second kappa shape index (κ2) is 18.1. The summed E-state index contributed by atoms with van der Waals surface area (Å²) in [4.78, 5) is 11.8. The maximum Gasteiger partial charge on any atom is 0.174 e. The zero-order valence-electron chi connectivity index (χ0n) is 16.5. The van der Waals surface area contributed by atoms with Gasteiger partial charge < -0.3 is 15.5 Å². The molecule has 0 aliphatic heterocycles. The number of ketones is 1. The second-order valence-corrected chi connectivity index (χ2v) is 6.98. The Kier molecular flexibility index (Phi) is 17.6. The zero-order chi connectivity index (χ0) is 18.8. The first kappa shape index (κ1) is 24.3. The Labute approximate surface area is 155 Å². The molecule has 0 aliphatic carbocycles. The van der Waals surface area contributed by atoms with E-state index in [9.17, 15) is 4.79 Å². The highest BCUT2D eigenvalue weighted by molar-refractivity contribution is 5.84. The fourth-order valence-electron chi connectivity index (χ4n) is 3.00. The summed E-state index contributed by atoms with van der Waals surface area (Å²) in [6.45, 7) is 2.25. The number of hydrogen-bond donors (Lipinski definition) is 3. The Balaban J connectivity index is 3.36. The van der Waals surface area contributed by atoms with Crippen molar-refractivity contribution in [2.24, 2.45) is 0 Å². The van der Waals surface area contributed by atoms with Crippen LogP contribution in [0.2, 0.25) is 0 Å². The Hall–Kier alpha value is -0.710. The summed E-state index contributed by atoms with van der Waals surface area (Å²) >= 11 is 0. The summed E-state index contributed by atoms with van der Waals surface area (Å²) in [6, 6.07) is -0.850. The number of Topliss-reactive ketones (excluding diaryl/α,β-unsaturated/α-hetero) is 1. The summed E-state index contributed by atoms with van der Waals surface area (Å²) in [5.41, 5.74) is 0. The van der Waals surface area contributed by atoms with Crippen LogP contribution in [0.3, 0.4) is 0 Å². The van der Waals surface area contributed by atoms with Gasteiger partial charge in [-0.1, -0.05) is 70.4 Å². The molecule has 0 amide bonds. The molecule has 0 aromatic heterocycles. The number of aliphatic hydroxyl groups is 2. The van der Waals surface area contributed by atoms with E-state index in [1.807, 2.05) is 0 Å². The van der Waals surface area contributed by atoms with Crippen molar-refractivity contribution in [1.29, 1.82) is 0 Å². The van der Waals surface area contributed by atoms with Gasteiger partial charge in [0.2, 0.25) is 0 Å². The monoisotopic (exact) mass is 355 g/mol. The van der Waals surface area contributed by atoms with Crippen LogP contribution in [-0.4, -0.2) is 35.4 Å². The average molecular weight is 356 g/mol. The molecule has 0 radical (unpaired) electrons. The lowest BCUT2D eigenvalue weighted by molar-refractivity contribution is -0.133. The van der Waals surface area contributed by atoms with Gasteiger partial charge in [-0.25, -0.2) is 0 Å². The zero-order valence-corrected chi connectivity index (χ0v) is 16.5. The van der Waals surface area contributed by atoms with Gasteiger partial charge in [-0.15, -0.1) is 0 Å². The van der Waals surface area contributed by atoms with Gasteiger partial charge in [-0.2, -0.15) is 0 Å². The molecule has 3 N–H and O–H groups in total. The maximum absolute atomic E-state index is 11.8. The number of rotatable bonds is 18. The lowest BCUT2D eigenvalue weighted by Gasteiger charge is -2.16. The van der Waals surface area contributed by atoms with E-state index in [2.05, 4.69) is 24.4 Å². The molecule has 0 heterocycles. The van der Waals surface area contributed by atoms with Crippen LogP contribution in [0.5, 0.6) is 0 Å². The van der Waals surface area contributed by atoms with E-state index >= 15 is 0 Å². The number of carbonyl (C=O) groups is 1. The van der Waals surface area contributed by atoms with Crippen LogP contribution in [0.15, 0.2) is 12.2 Å². The number of hydrogen-bond acceptors (Lipinski definition) is 4.